The predicted molar refractivity (Wildman–Crippen MR) is 97.5 cm³/mol. The van der Waals surface area contributed by atoms with E-state index in [0.717, 1.165) is 16.6 Å². The van der Waals surface area contributed by atoms with Crippen molar-refractivity contribution in [3.8, 4) is 22.8 Å². The summed E-state index contributed by atoms with van der Waals surface area (Å²) in [7, 11) is 0. The number of aromatic amines is 1. The summed E-state index contributed by atoms with van der Waals surface area (Å²) in [5.41, 5.74) is 14.5. The minimum atomic E-state index is 0.00296. The van der Waals surface area contributed by atoms with Gasteiger partial charge in [-0.3, -0.25) is 0 Å². The normalized spacial score (nSPS) is 10.9. The van der Waals surface area contributed by atoms with Crippen LogP contribution in [0.5, 0.6) is 0 Å². The molecule has 7 nitrogen and oxygen atoms in total. The summed E-state index contributed by atoms with van der Waals surface area (Å²) in [6, 6.07) is 14.6. The van der Waals surface area contributed by atoms with Gasteiger partial charge >= 0.3 is 0 Å². The van der Waals surface area contributed by atoms with Crippen molar-refractivity contribution in [2.24, 2.45) is 16.5 Å². The van der Waals surface area contributed by atoms with Crippen molar-refractivity contribution in [1.29, 1.82) is 0 Å². The molecule has 0 unspecified atom stereocenters. The molecule has 0 atom stereocenters. The standard InChI is InChI=1S/C17H13ClN6O/c18-10-3-1-9(2-4-10)15-8-14(24-25-15)16-22-12-6-5-11(21-17(19)20)7-13(12)23-16/h1-8H,(H,22,23)(H4,19,20,21). The molecule has 0 bridgehead atoms. The van der Waals surface area contributed by atoms with Crippen LogP contribution in [-0.2, 0) is 0 Å². The highest BCUT2D eigenvalue weighted by atomic mass is 35.5. The number of H-pyrrole nitrogens is 1. The molecule has 4 aromatic rings. The number of nitrogens with two attached hydrogens (primary N) is 2. The van der Waals surface area contributed by atoms with Crippen LogP contribution in [0.1, 0.15) is 0 Å². The highest BCUT2D eigenvalue weighted by molar-refractivity contribution is 6.30. The molecule has 0 aliphatic carbocycles. The van der Waals surface area contributed by atoms with Gasteiger partial charge in [-0.05, 0) is 42.5 Å². The molecule has 2 aromatic carbocycles. The summed E-state index contributed by atoms with van der Waals surface area (Å²) in [6.45, 7) is 0. The third kappa shape index (κ3) is 3.05. The van der Waals surface area contributed by atoms with Gasteiger partial charge in [-0.1, -0.05) is 16.8 Å². The molecule has 2 heterocycles. The minimum absolute atomic E-state index is 0.00296. The topological polar surface area (TPSA) is 119 Å². The van der Waals surface area contributed by atoms with Crippen LogP contribution in [0.4, 0.5) is 5.69 Å². The van der Waals surface area contributed by atoms with Gasteiger partial charge in [0.15, 0.2) is 17.5 Å². The highest BCUT2D eigenvalue weighted by Crippen LogP contribution is 2.28. The van der Waals surface area contributed by atoms with Crippen LogP contribution in [0, 0.1) is 0 Å². The van der Waals surface area contributed by atoms with Crippen molar-refractivity contribution in [3.05, 3.63) is 53.6 Å². The molecule has 0 aliphatic rings. The lowest BCUT2D eigenvalue weighted by atomic mass is 10.1. The fourth-order valence-electron chi connectivity index (χ4n) is 2.47. The Hall–Kier alpha value is -3.32. The first-order valence-electron chi connectivity index (χ1n) is 7.41. The van der Waals surface area contributed by atoms with Crippen molar-refractivity contribution >= 4 is 34.3 Å². The molecule has 0 spiro atoms. The van der Waals surface area contributed by atoms with E-state index in [1.54, 1.807) is 18.2 Å². The maximum absolute atomic E-state index is 5.90. The zero-order chi connectivity index (χ0) is 17.4. The van der Waals surface area contributed by atoms with Crippen LogP contribution in [0.25, 0.3) is 33.9 Å². The van der Waals surface area contributed by atoms with Gasteiger partial charge in [-0.2, -0.15) is 0 Å². The van der Waals surface area contributed by atoms with E-state index in [4.69, 9.17) is 27.6 Å². The number of aliphatic imine (C=N–C) groups is 1. The molecule has 0 aliphatic heterocycles. The quantitative estimate of drug-likeness (QED) is 0.385. The van der Waals surface area contributed by atoms with Gasteiger partial charge in [-0.15, -0.1) is 0 Å². The third-order valence-electron chi connectivity index (χ3n) is 3.61. The van der Waals surface area contributed by atoms with E-state index in [1.165, 1.54) is 0 Å². The molecule has 0 radical (unpaired) electrons. The maximum Gasteiger partial charge on any atom is 0.191 e. The summed E-state index contributed by atoms with van der Waals surface area (Å²) in [6.07, 6.45) is 0. The number of aromatic nitrogens is 3. The van der Waals surface area contributed by atoms with Gasteiger partial charge in [-0.25, -0.2) is 9.98 Å². The van der Waals surface area contributed by atoms with Crippen molar-refractivity contribution in [1.82, 2.24) is 15.1 Å². The number of nitrogens with one attached hydrogen (secondary N) is 1. The number of benzene rings is 2. The maximum atomic E-state index is 5.90. The Morgan fingerprint density at radius 3 is 2.64 bits per heavy atom. The van der Waals surface area contributed by atoms with Gasteiger partial charge in [0.25, 0.3) is 0 Å². The van der Waals surface area contributed by atoms with Crippen molar-refractivity contribution in [3.63, 3.8) is 0 Å². The Kier molecular flexibility index (Phi) is 3.62. The van der Waals surface area contributed by atoms with Crippen LogP contribution < -0.4 is 11.5 Å². The predicted octanol–water partition coefficient (Wildman–Crippen LogP) is 3.44. The van der Waals surface area contributed by atoms with Gasteiger partial charge < -0.3 is 21.0 Å². The molecule has 0 amide bonds. The van der Waals surface area contributed by atoms with Crippen LogP contribution in [0.2, 0.25) is 5.02 Å². The average molecular weight is 353 g/mol. The van der Waals surface area contributed by atoms with Crippen LogP contribution in [0.3, 0.4) is 0 Å². The smallest absolute Gasteiger partial charge is 0.191 e. The average Bonchev–Trinajstić information content (AvgIpc) is 3.21. The summed E-state index contributed by atoms with van der Waals surface area (Å²) < 4.78 is 5.41. The summed E-state index contributed by atoms with van der Waals surface area (Å²) in [5, 5.41) is 4.75. The number of halogens is 1. The molecule has 0 fully saturated rings. The first-order valence-corrected chi connectivity index (χ1v) is 7.79. The van der Waals surface area contributed by atoms with E-state index < -0.39 is 0 Å². The Balaban J connectivity index is 1.70. The molecule has 0 saturated carbocycles. The number of nitrogens with zero attached hydrogens (tertiary/aromatic N) is 3. The Bertz CT molecular complexity index is 1080. The van der Waals surface area contributed by atoms with E-state index in [-0.39, 0.29) is 5.96 Å². The molecule has 5 N–H and O–H groups in total. The zero-order valence-electron chi connectivity index (χ0n) is 12.9. The Labute approximate surface area is 147 Å². The van der Waals surface area contributed by atoms with E-state index in [1.807, 2.05) is 30.3 Å². The van der Waals surface area contributed by atoms with Gasteiger partial charge in [0.1, 0.15) is 5.69 Å². The summed E-state index contributed by atoms with van der Waals surface area (Å²) >= 11 is 5.90. The number of fused-ring (bicyclic) bond motifs is 1. The molecule has 4 rings (SSSR count). The van der Waals surface area contributed by atoms with E-state index in [9.17, 15) is 0 Å². The lowest BCUT2D eigenvalue weighted by Gasteiger charge is -1.94. The number of hydrogen-bond acceptors (Lipinski definition) is 4. The van der Waals surface area contributed by atoms with E-state index >= 15 is 0 Å². The van der Waals surface area contributed by atoms with Crippen molar-refractivity contribution in [2.45, 2.75) is 0 Å². The lowest BCUT2D eigenvalue weighted by molar-refractivity contribution is 0.434. The number of guanidine groups is 1. The van der Waals surface area contributed by atoms with Crippen LogP contribution in [0.15, 0.2) is 58.0 Å². The lowest BCUT2D eigenvalue weighted by Crippen LogP contribution is -2.21. The molecule has 25 heavy (non-hydrogen) atoms. The van der Waals surface area contributed by atoms with Crippen LogP contribution >= 0.6 is 11.6 Å². The minimum Gasteiger partial charge on any atom is -0.370 e. The fourth-order valence-corrected chi connectivity index (χ4v) is 2.60. The van der Waals surface area contributed by atoms with Crippen molar-refractivity contribution < 1.29 is 4.52 Å². The molecular weight excluding hydrogens is 340 g/mol. The third-order valence-corrected chi connectivity index (χ3v) is 3.86. The molecule has 124 valence electrons. The number of imidazole rings is 1. The molecule has 0 saturated heterocycles. The van der Waals surface area contributed by atoms with Gasteiger partial charge in [0, 0.05) is 16.7 Å². The van der Waals surface area contributed by atoms with Crippen LogP contribution in [-0.4, -0.2) is 21.1 Å². The second kappa shape index (κ2) is 5.95. The summed E-state index contributed by atoms with van der Waals surface area (Å²) in [5.74, 6) is 1.23. The van der Waals surface area contributed by atoms with Gasteiger partial charge in [0.05, 0.1) is 16.7 Å². The first kappa shape index (κ1) is 15.2. The zero-order valence-corrected chi connectivity index (χ0v) is 13.7. The van der Waals surface area contributed by atoms with E-state index in [0.29, 0.717) is 28.0 Å². The summed E-state index contributed by atoms with van der Waals surface area (Å²) in [4.78, 5) is 11.7. The Morgan fingerprint density at radius 1 is 1.08 bits per heavy atom. The second-order valence-corrected chi connectivity index (χ2v) is 5.84. The van der Waals surface area contributed by atoms with Gasteiger partial charge in [0.2, 0.25) is 0 Å². The number of hydrogen-bond donors (Lipinski definition) is 3. The van der Waals surface area contributed by atoms with E-state index in [2.05, 4.69) is 20.1 Å². The fraction of sp³-hybridized carbons (Fsp3) is 0. The number of rotatable bonds is 3. The van der Waals surface area contributed by atoms with Crippen molar-refractivity contribution in [2.75, 3.05) is 0 Å². The largest absolute Gasteiger partial charge is 0.370 e. The monoisotopic (exact) mass is 352 g/mol. The Morgan fingerprint density at radius 2 is 1.88 bits per heavy atom. The molecule has 8 heteroatoms. The molecule has 2 aromatic heterocycles. The highest BCUT2D eigenvalue weighted by Gasteiger charge is 2.12. The second-order valence-electron chi connectivity index (χ2n) is 5.41. The molecular formula is C17H13ClN6O. The SMILES string of the molecule is NC(N)=Nc1ccc2nc(-c3cc(-c4ccc(Cl)cc4)on3)[nH]c2c1. The first-order chi connectivity index (χ1) is 12.1.